The standard InChI is InChI=1S/C29H23N/c1-4-12-22(13-5-1)29(23-14-6-2-7-15-23)27-20-10-19-26-25(27)18-11-21-28(26)30-24-16-8-3-9-17-24/h1-21,29-30H. The summed E-state index contributed by atoms with van der Waals surface area (Å²) < 4.78 is 0. The van der Waals surface area contributed by atoms with Crippen molar-refractivity contribution in [2.75, 3.05) is 5.32 Å². The molecular weight excluding hydrogens is 362 g/mol. The van der Waals surface area contributed by atoms with Crippen LogP contribution in [0.5, 0.6) is 0 Å². The molecular formula is C29H23N. The molecule has 0 fully saturated rings. The zero-order valence-corrected chi connectivity index (χ0v) is 16.7. The quantitative estimate of drug-likeness (QED) is 0.305. The molecule has 0 bridgehead atoms. The van der Waals surface area contributed by atoms with Crippen LogP contribution in [0, 0.1) is 0 Å². The monoisotopic (exact) mass is 385 g/mol. The Morgan fingerprint density at radius 3 is 1.60 bits per heavy atom. The van der Waals surface area contributed by atoms with E-state index in [1.807, 2.05) is 6.07 Å². The van der Waals surface area contributed by atoms with Gasteiger partial charge in [-0.25, -0.2) is 0 Å². The van der Waals surface area contributed by atoms with Crippen molar-refractivity contribution in [1.29, 1.82) is 0 Å². The Hall–Kier alpha value is -3.84. The maximum absolute atomic E-state index is 3.59. The third kappa shape index (κ3) is 3.58. The van der Waals surface area contributed by atoms with Gasteiger partial charge in [-0.3, -0.25) is 0 Å². The molecule has 30 heavy (non-hydrogen) atoms. The van der Waals surface area contributed by atoms with E-state index in [2.05, 4.69) is 127 Å². The van der Waals surface area contributed by atoms with Gasteiger partial charge >= 0.3 is 0 Å². The van der Waals surface area contributed by atoms with Gasteiger partial charge in [-0.1, -0.05) is 109 Å². The highest BCUT2D eigenvalue weighted by molar-refractivity contribution is 5.98. The highest BCUT2D eigenvalue weighted by Gasteiger charge is 2.19. The summed E-state index contributed by atoms with van der Waals surface area (Å²) in [6.45, 7) is 0. The lowest BCUT2D eigenvalue weighted by molar-refractivity contribution is 0.989. The molecule has 0 radical (unpaired) electrons. The molecule has 5 aromatic rings. The first-order valence-electron chi connectivity index (χ1n) is 10.3. The average molecular weight is 386 g/mol. The minimum absolute atomic E-state index is 0.183. The van der Waals surface area contributed by atoms with Crippen molar-refractivity contribution >= 4 is 22.1 Å². The van der Waals surface area contributed by atoms with Crippen LogP contribution in [0.4, 0.5) is 11.4 Å². The molecule has 0 atom stereocenters. The zero-order chi connectivity index (χ0) is 20.2. The fourth-order valence-electron chi connectivity index (χ4n) is 4.21. The van der Waals surface area contributed by atoms with E-state index in [9.17, 15) is 0 Å². The molecule has 0 heterocycles. The Balaban J connectivity index is 1.68. The minimum atomic E-state index is 0.183. The van der Waals surface area contributed by atoms with Crippen LogP contribution in [0.1, 0.15) is 22.6 Å². The SMILES string of the molecule is c1ccc(Nc2cccc3c(C(c4ccccc4)c4ccccc4)cccc23)cc1. The molecule has 0 aliphatic carbocycles. The van der Waals surface area contributed by atoms with Crippen LogP contribution in [0.2, 0.25) is 0 Å². The summed E-state index contributed by atoms with van der Waals surface area (Å²) in [4.78, 5) is 0. The van der Waals surface area contributed by atoms with Gasteiger partial charge in [0.2, 0.25) is 0 Å². The molecule has 0 aliphatic rings. The lowest BCUT2D eigenvalue weighted by Gasteiger charge is -2.21. The number of hydrogen-bond donors (Lipinski definition) is 1. The molecule has 5 rings (SSSR count). The minimum Gasteiger partial charge on any atom is -0.355 e. The van der Waals surface area contributed by atoms with Crippen molar-refractivity contribution in [2.24, 2.45) is 0 Å². The number of fused-ring (bicyclic) bond motifs is 1. The molecule has 0 saturated carbocycles. The lowest BCUT2D eigenvalue weighted by Crippen LogP contribution is -2.04. The summed E-state index contributed by atoms with van der Waals surface area (Å²) in [5.74, 6) is 0.183. The van der Waals surface area contributed by atoms with Crippen LogP contribution in [0.3, 0.4) is 0 Å². The summed E-state index contributed by atoms with van der Waals surface area (Å²) in [5.41, 5.74) is 6.15. The van der Waals surface area contributed by atoms with Crippen molar-refractivity contribution in [1.82, 2.24) is 0 Å². The molecule has 1 nitrogen and oxygen atoms in total. The zero-order valence-electron chi connectivity index (χ0n) is 16.7. The molecule has 1 N–H and O–H groups in total. The van der Waals surface area contributed by atoms with Crippen LogP contribution in [-0.2, 0) is 0 Å². The number of hydrogen-bond acceptors (Lipinski definition) is 1. The summed E-state index contributed by atoms with van der Waals surface area (Å²) in [6.07, 6.45) is 0. The van der Waals surface area contributed by atoms with E-state index in [1.54, 1.807) is 0 Å². The van der Waals surface area contributed by atoms with Gasteiger partial charge in [-0.2, -0.15) is 0 Å². The van der Waals surface area contributed by atoms with Crippen LogP contribution < -0.4 is 5.32 Å². The Kier molecular flexibility index (Phi) is 5.01. The first-order chi connectivity index (χ1) is 14.9. The van der Waals surface area contributed by atoms with E-state index in [0.717, 1.165) is 11.4 Å². The van der Waals surface area contributed by atoms with Crippen LogP contribution in [0.25, 0.3) is 10.8 Å². The van der Waals surface area contributed by atoms with Gasteiger partial charge in [0.1, 0.15) is 0 Å². The van der Waals surface area contributed by atoms with E-state index in [-0.39, 0.29) is 5.92 Å². The van der Waals surface area contributed by atoms with Gasteiger partial charge in [0, 0.05) is 22.7 Å². The predicted octanol–water partition coefficient (Wildman–Crippen LogP) is 7.76. The second-order valence-electron chi connectivity index (χ2n) is 7.49. The number of rotatable bonds is 5. The van der Waals surface area contributed by atoms with Crippen LogP contribution in [-0.4, -0.2) is 0 Å². The fourth-order valence-corrected chi connectivity index (χ4v) is 4.21. The fraction of sp³-hybridized carbons (Fsp3) is 0.0345. The highest BCUT2D eigenvalue weighted by atomic mass is 14.9. The van der Waals surface area contributed by atoms with Gasteiger partial charge < -0.3 is 5.32 Å². The number of benzene rings is 5. The molecule has 0 spiro atoms. The first-order valence-corrected chi connectivity index (χ1v) is 10.3. The third-order valence-corrected chi connectivity index (χ3v) is 5.59. The molecule has 5 aromatic carbocycles. The molecule has 0 saturated heterocycles. The van der Waals surface area contributed by atoms with Gasteiger partial charge in [0.15, 0.2) is 0 Å². The number of nitrogens with one attached hydrogen (secondary N) is 1. The Morgan fingerprint density at radius 1 is 0.433 bits per heavy atom. The lowest BCUT2D eigenvalue weighted by atomic mass is 9.82. The third-order valence-electron chi connectivity index (χ3n) is 5.59. The first kappa shape index (κ1) is 18.2. The molecule has 0 aromatic heterocycles. The van der Waals surface area contributed by atoms with Crippen molar-refractivity contribution < 1.29 is 0 Å². The normalized spacial score (nSPS) is 11.0. The summed E-state index contributed by atoms with van der Waals surface area (Å²) in [5, 5.41) is 6.10. The maximum atomic E-state index is 3.59. The van der Waals surface area contributed by atoms with Crippen molar-refractivity contribution in [3.63, 3.8) is 0 Å². The summed E-state index contributed by atoms with van der Waals surface area (Å²) in [6, 6.07) is 45.1. The molecule has 0 unspecified atom stereocenters. The van der Waals surface area contributed by atoms with E-state index >= 15 is 0 Å². The van der Waals surface area contributed by atoms with Gasteiger partial charge in [0.05, 0.1) is 0 Å². The Labute approximate surface area is 177 Å². The molecule has 144 valence electrons. The molecule has 0 aliphatic heterocycles. The number of anilines is 2. The molecule has 0 amide bonds. The van der Waals surface area contributed by atoms with Crippen molar-refractivity contribution in [2.45, 2.75) is 5.92 Å². The van der Waals surface area contributed by atoms with Crippen LogP contribution in [0.15, 0.2) is 127 Å². The van der Waals surface area contributed by atoms with E-state index in [1.165, 1.54) is 27.5 Å². The topological polar surface area (TPSA) is 12.0 Å². The smallest absolute Gasteiger partial charge is 0.0464 e. The van der Waals surface area contributed by atoms with E-state index in [0.29, 0.717) is 0 Å². The Bertz CT molecular complexity index is 1210. The van der Waals surface area contributed by atoms with Crippen LogP contribution >= 0.6 is 0 Å². The Morgan fingerprint density at radius 2 is 0.967 bits per heavy atom. The predicted molar refractivity (Wildman–Crippen MR) is 128 cm³/mol. The largest absolute Gasteiger partial charge is 0.355 e. The van der Waals surface area contributed by atoms with Crippen molar-refractivity contribution in [3.05, 3.63) is 144 Å². The second kappa shape index (κ2) is 8.26. The highest BCUT2D eigenvalue weighted by Crippen LogP contribution is 2.38. The maximum Gasteiger partial charge on any atom is 0.0464 e. The summed E-state index contributed by atoms with van der Waals surface area (Å²) in [7, 11) is 0. The van der Waals surface area contributed by atoms with E-state index in [4.69, 9.17) is 0 Å². The van der Waals surface area contributed by atoms with Gasteiger partial charge in [-0.15, -0.1) is 0 Å². The van der Waals surface area contributed by atoms with Crippen molar-refractivity contribution in [3.8, 4) is 0 Å². The molecule has 1 heteroatoms. The number of para-hydroxylation sites is 1. The summed E-state index contributed by atoms with van der Waals surface area (Å²) >= 11 is 0. The van der Waals surface area contributed by atoms with E-state index < -0.39 is 0 Å². The average Bonchev–Trinajstić information content (AvgIpc) is 2.82. The van der Waals surface area contributed by atoms with Gasteiger partial charge in [-0.05, 0) is 40.3 Å². The second-order valence-corrected chi connectivity index (χ2v) is 7.49. The van der Waals surface area contributed by atoms with Gasteiger partial charge in [0.25, 0.3) is 0 Å².